The Balaban J connectivity index is 2.10. The second-order valence-corrected chi connectivity index (χ2v) is 6.61. The van der Waals surface area contributed by atoms with E-state index in [9.17, 15) is 0 Å². The minimum atomic E-state index is 0.138. The number of hydrogen-bond donors (Lipinski definition) is 1. The van der Waals surface area contributed by atoms with Gasteiger partial charge in [0.15, 0.2) is 0 Å². The van der Waals surface area contributed by atoms with Gasteiger partial charge in [-0.15, -0.1) is 0 Å². The molecule has 1 N–H and O–H groups in total. The van der Waals surface area contributed by atoms with Crippen LogP contribution in [0.15, 0.2) is 30.6 Å². The molecule has 2 aromatic rings. The Bertz CT molecular complexity index is 660. The van der Waals surface area contributed by atoms with Gasteiger partial charge in [0, 0.05) is 0 Å². The number of aryl methyl sites for hydroxylation is 1. The van der Waals surface area contributed by atoms with Crippen LogP contribution < -0.4 is 10.1 Å². The molecule has 0 amide bonds. The first-order valence-corrected chi connectivity index (χ1v) is 9.49. The third kappa shape index (κ3) is 5.33. The molecule has 2 rings (SSSR count). The van der Waals surface area contributed by atoms with Crippen molar-refractivity contribution in [2.24, 2.45) is 0 Å². The zero-order valence-electron chi connectivity index (χ0n) is 15.6. The number of rotatable bonds is 9. The molecule has 0 aliphatic heterocycles. The summed E-state index contributed by atoms with van der Waals surface area (Å²) in [6.07, 6.45) is 5.70. The Morgan fingerprint density at radius 1 is 1.12 bits per heavy atom. The summed E-state index contributed by atoms with van der Waals surface area (Å²) in [5.74, 6) is 1.60. The minimum absolute atomic E-state index is 0.138. The predicted octanol–water partition coefficient (Wildman–Crippen LogP) is 5.82. The molecule has 0 fully saturated rings. The lowest BCUT2D eigenvalue weighted by Crippen LogP contribution is -2.13. The summed E-state index contributed by atoms with van der Waals surface area (Å²) < 4.78 is 5.93. The molecule has 0 spiro atoms. The Morgan fingerprint density at radius 2 is 1.84 bits per heavy atom. The molecule has 0 radical (unpaired) electrons. The molecule has 136 valence electrons. The highest BCUT2D eigenvalue weighted by molar-refractivity contribution is 6.33. The van der Waals surface area contributed by atoms with Crippen LogP contribution in [-0.2, 0) is 6.42 Å². The first-order chi connectivity index (χ1) is 12.1. The summed E-state index contributed by atoms with van der Waals surface area (Å²) in [5, 5.41) is 4.05. The average molecular weight is 362 g/mol. The smallest absolute Gasteiger partial charge is 0.149 e. The molecule has 0 saturated carbocycles. The monoisotopic (exact) mass is 361 g/mol. The molecule has 2 unspecified atom stereocenters. The van der Waals surface area contributed by atoms with Gasteiger partial charge >= 0.3 is 0 Å². The van der Waals surface area contributed by atoms with Crippen molar-refractivity contribution < 1.29 is 4.74 Å². The number of hydrogen-bond acceptors (Lipinski definition) is 4. The van der Waals surface area contributed by atoms with Gasteiger partial charge in [0.25, 0.3) is 0 Å². The Kier molecular flexibility index (Phi) is 7.51. The number of nitrogens with zero attached hydrogens (tertiary/aromatic N) is 2. The third-order valence-corrected chi connectivity index (χ3v) is 4.63. The van der Waals surface area contributed by atoms with E-state index in [0.29, 0.717) is 10.8 Å². The molecule has 25 heavy (non-hydrogen) atoms. The van der Waals surface area contributed by atoms with E-state index in [0.717, 1.165) is 37.1 Å². The molecule has 0 bridgehead atoms. The van der Waals surface area contributed by atoms with Crippen molar-refractivity contribution in [3.05, 3.63) is 46.9 Å². The van der Waals surface area contributed by atoms with Gasteiger partial charge in [-0.25, -0.2) is 9.97 Å². The first kappa shape index (κ1) is 19.5. The van der Waals surface area contributed by atoms with E-state index < -0.39 is 0 Å². The van der Waals surface area contributed by atoms with Gasteiger partial charge < -0.3 is 10.1 Å². The van der Waals surface area contributed by atoms with Crippen molar-refractivity contribution >= 4 is 17.4 Å². The molecule has 1 aromatic heterocycles. The van der Waals surface area contributed by atoms with Crippen LogP contribution in [0.1, 0.15) is 64.3 Å². The summed E-state index contributed by atoms with van der Waals surface area (Å²) in [6, 6.07) is 8.41. The fraction of sp³-hybridized carbons (Fsp3) is 0.500. The van der Waals surface area contributed by atoms with Gasteiger partial charge in [-0.1, -0.05) is 50.9 Å². The van der Waals surface area contributed by atoms with E-state index in [1.807, 2.05) is 19.1 Å². The van der Waals surface area contributed by atoms with E-state index in [4.69, 9.17) is 16.3 Å². The zero-order valence-corrected chi connectivity index (χ0v) is 16.3. The highest BCUT2D eigenvalue weighted by Crippen LogP contribution is 2.29. The molecule has 0 aliphatic rings. The van der Waals surface area contributed by atoms with Gasteiger partial charge in [0.2, 0.25) is 0 Å². The second-order valence-electron chi connectivity index (χ2n) is 6.23. The zero-order chi connectivity index (χ0) is 18.2. The molecule has 1 heterocycles. The molecule has 5 heteroatoms. The van der Waals surface area contributed by atoms with Crippen LogP contribution in [0.3, 0.4) is 0 Å². The van der Waals surface area contributed by atoms with Crippen LogP contribution in [-0.4, -0.2) is 16.1 Å². The Labute approximate surface area is 156 Å². The lowest BCUT2D eigenvalue weighted by atomic mass is 10.0. The summed E-state index contributed by atoms with van der Waals surface area (Å²) >= 11 is 6.40. The van der Waals surface area contributed by atoms with Crippen LogP contribution in [0.2, 0.25) is 5.02 Å². The average Bonchev–Trinajstić information content (AvgIpc) is 2.62. The van der Waals surface area contributed by atoms with Crippen molar-refractivity contribution in [3.63, 3.8) is 0 Å². The maximum atomic E-state index is 6.40. The van der Waals surface area contributed by atoms with Gasteiger partial charge in [0.05, 0.1) is 17.8 Å². The largest absolute Gasteiger partial charge is 0.491 e. The SMILES string of the molecule is CCCC(C)Oc1ccc(C(CC)Nc2ncnc(CC)c2Cl)cc1. The van der Waals surface area contributed by atoms with Gasteiger partial charge in [-0.3, -0.25) is 0 Å². The van der Waals surface area contributed by atoms with Crippen LogP contribution >= 0.6 is 11.6 Å². The molecule has 1 aromatic carbocycles. The van der Waals surface area contributed by atoms with Crippen molar-refractivity contribution in [3.8, 4) is 5.75 Å². The van der Waals surface area contributed by atoms with Crippen LogP contribution in [0.4, 0.5) is 5.82 Å². The number of aromatic nitrogens is 2. The Hall–Kier alpha value is -1.81. The van der Waals surface area contributed by atoms with Crippen LogP contribution in [0, 0.1) is 0 Å². The van der Waals surface area contributed by atoms with E-state index >= 15 is 0 Å². The molecule has 4 nitrogen and oxygen atoms in total. The van der Waals surface area contributed by atoms with Crippen molar-refractivity contribution in [2.75, 3.05) is 5.32 Å². The maximum Gasteiger partial charge on any atom is 0.149 e. The summed E-state index contributed by atoms with van der Waals surface area (Å²) in [5.41, 5.74) is 2.05. The van der Waals surface area contributed by atoms with Gasteiger partial charge in [-0.2, -0.15) is 0 Å². The van der Waals surface area contributed by atoms with Crippen LogP contribution in [0.25, 0.3) is 0 Å². The Morgan fingerprint density at radius 3 is 2.44 bits per heavy atom. The van der Waals surface area contributed by atoms with Gasteiger partial charge in [0.1, 0.15) is 22.9 Å². The van der Waals surface area contributed by atoms with E-state index in [1.54, 1.807) is 6.33 Å². The second kappa shape index (κ2) is 9.62. The van der Waals surface area contributed by atoms with Crippen molar-refractivity contribution in [2.45, 2.75) is 65.5 Å². The molecule has 2 atom stereocenters. The van der Waals surface area contributed by atoms with Crippen LogP contribution in [0.5, 0.6) is 5.75 Å². The maximum absolute atomic E-state index is 6.40. The lowest BCUT2D eigenvalue weighted by molar-refractivity contribution is 0.210. The number of nitrogens with one attached hydrogen (secondary N) is 1. The van der Waals surface area contributed by atoms with E-state index in [2.05, 4.69) is 48.2 Å². The highest BCUT2D eigenvalue weighted by atomic mass is 35.5. The fourth-order valence-corrected chi connectivity index (χ4v) is 3.10. The number of halogens is 1. The summed E-state index contributed by atoms with van der Waals surface area (Å²) in [7, 11) is 0. The molecule has 0 aliphatic carbocycles. The minimum Gasteiger partial charge on any atom is -0.491 e. The third-order valence-electron chi connectivity index (χ3n) is 4.23. The van der Waals surface area contributed by atoms with E-state index in [-0.39, 0.29) is 12.1 Å². The fourth-order valence-electron chi connectivity index (χ4n) is 2.82. The molecule has 0 saturated heterocycles. The summed E-state index contributed by atoms with van der Waals surface area (Å²) in [6.45, 7) is 8.45. The first-order valence-electron chi connectivity index (χ1n) is 9.11. The molecular weight excluding hydrogens is 334 g/mol. The normalized spacial score (nSPS) is 13.3. The predicted molar refractivity (Wildman–Crippen MR) is 105 cm³/mol. The lowest BCUT2D eigenvalue weighted by Gasteiger charge is -2.20. The highest BCUT2D eigenvalue weighted by Gasteiger charge is 2.14. The standard InChI is InChI=1S/C20H28ClN3O/c1-5-8-14(4)25-16-11-9-15(10-12-16)17(6-2)24-20-19(21)18(7-3)22-13-23-20/h9-14,17H,5-8H2,1-4H3,(H,22,23,24). The number of ether oxygens (including phenoxy) is 1. The summed E-state index contributed by atoms with van der Waals surface area (Å²) in [4.78, 5) is 8.52. The molecular formula is C20H28ClN3O. The quantitative estimate of drug-likeness (QED) is 0.611. The van der Waals surface area contributed by atoms with Crippen molar-refractivity contribution in [1.29, 1.82) is 0 Å². The topological polar surface area (TPSA) is 47.0 Å². The van der Waals surface area contributed by atoms with Gasteiger partial charge in [-0.05, 0) is 43.9 Å². The number of benzene rings is 1. The van der Waals surface area contributed by atoms with Crippen molar-refractivity contribution in [1.82, 2.24) is 9.97 Å². The number of anilines is 1. The van der Waals surface area contributed by atoms with E-state index in [1.165, 1.54) is 5.56 Å².